The molecule has 0 radical (unpaired) electrons. The van der Waals surface area contributed by atoms with Crippen molar-refractivity contribution >= 4 is 17.7 Å². The number of thioether (sulfide) groups is 1. The molecule has 0 aromatic rings. The normalized spacial score (nSPS) is 45.4. The van der Waals surface area contributed by atoms with Crippen LogP contribution in [0, 0.1) is 23.7 Å². The second-order valence-corrected chi connectivity index (χ2v) is 12.1. The van der Waals surface area contributed by atoms with Crippen LogP contribution in [0.2, 0.25) is 0 Å². The molecule has 4 aliphatic heterocycles. The molecule has 10 heteroatoms. The van der Waals surface area contributed by atoms with Gasteiger partial charge >= 0.3 is 0 Å². The Bertz CT molecular complexity index is 741. The van der Waals surface area contributed by atoms with Crippen LogP contribution in [0.3, 0.4) is 0 Å². The third-order valence-corrected chi connectivity index (χ3v) is 9.13. The van der Waals surface area contributed by atoms with Gasteiger partial charge in [-0.2, -0.15) is 0 Å². The monoisotopic (exact) mass is 514 g/mol. The van der Waals surface area contributed by atoms with Crippen molar-refractivity contribution < 1.29 is 34.7 Å². The molecule has 200 valence electrons. The predicted molar refractivity (Wildman–Crippen MR) is 133 cm³/mol. The number of amides is 1. The molecule has 6 N–H and O–H groups in total. The van der Waals surface area contributed by atoms with Crippen LogP contribution in [-0.4, -0.2) is 99.9 Å². The summed E-state index contributed by atoms with van der Waals surface area (Å²) in [6.07, 6.45) is 2.28. The highest BCUT2D eigenvalue weighted by atomic mass is 32.2. The molecule has 3 fully saturated rings. The van der Waals surface area contributed by atoms with Crippen LogP contribution in [0.4, 0.5) is 0 Å². The Morgan fingerprint density at radius 2 is 2.00 bits per heavy atom. The lowest BCUT2D eigenvalue weighted by Crippen LogP contribution is -2.64. The van der Waals surface area contributed by atoms with Gasteiger partial charge in [0.2, 0.25) is 5.91 Å². The van der Waals surface area contributed by atoms with E-state index in [1.54, 1.807) is 0 Å². The first kappa shape index (κ1) is 27.3. The average Bonchev–Trinajstić information content (AvgIpc) is 3.11. The van der Waals surface area contributed by atoms with Crippen molar-refractivity contribution in [2.24, 2.45) is 23.7 Å². The molecule has 4 aliphatic rings. The fourth-order valence-electron chi connectivity index (χ4n) is 5.97. The maximum absolute atomic E-state index is 13.5. The van der Waals surface area contributed by atoms with E-state index in [2.05, 4.69) is 24.5 Å². The van der Waals surface area contributed by atoms with E-state index in [0.29, 0.717) is 30.6 Å². The van der Waals surface area contributed by atoms with Crippen LogP contribution < -0.4 is 10.6 Å². The molecule has 35 heavy (non-hydrogen) atoms. The van der Waals surface area contributed by atoms with E-state index in [0.717, 1.165) is 25.8 Å². The van der Waals surface area contributed by atoms with Crippen LogP contribution in [0.5, 0.6) is 0 Å². The molecule has 1 amide bonds. The number of carbonyl (C=O) groups is 1. The van der Waals surface area contributed by atoms with Gasteiger partial charge < -0.3 is 40.5 Å². The predicted octanol–water partition coefficient (Wildman–Crippen LogP) is 0.00970. The molecule has 0 saturated carbocycles. The zero-order chi connectivity index (χ0) is 25.1. The molecule has 0 unspecified atom stereocenters. The summed E-state index contributed by atoms with van der Waals surface area (Å²) in [7, 11) is 0. The van der Waals surface area contributed by atoms with Gasteiger partial charge in [0.25, 0.3) is 0 Å². The van der Waals surface area contributed by atoms with Crippen molar-refractivity contribution in [2.45, 2.75) is 87.6 Å². The lowest BCUT2D eigenvalue weighted by molar-refractivity contribution is -0.205. The molecule has 4 heterocycles. The third kappa shape index (κ3) is 6.41. The number of ether oxygens (including phenoxy) is 2. The van der Waals surface area contributed by atoms with Gasteiger partial charge in [-0.25, -0.2) is 0 Å². The van der Waals surface area contributed by atoms with Crippen molar-refractivity contribution in [3.8, 4) is 0 Å². The highest BCUT2D eigenvalue weighted by Crippen LogP contribution is 2.35. The zero-order valence-corrected chi connectivity index (χ0v) is 21.5. The summed E-state index contributed by atoms with van der Waals surface area (Å²) in [6.45, 7) is 5.80. The number of aliphatic hydroxyl groups excluding tert-OH is 4. The molecular weight excluding hydrogens is 472 g/mol. The van der Waals surface area contributed by atoms with Crippen LogP contribution in [-0.2, 0) is 14.3 Å². The van der Waals surface area contributed by atoms with Crippen molar-refractivity contribution in [3.05, 3.63) is 12.2 Å². The Balaban J connectivity index is 1.47. The van der Waals surface area contributed by atoms with Crippen LogP contribution in [0.15, 0.2) is 12.2 Å². The highest BCUT2D eigenvalue weighted by Gasteiger charge is 2.49. The minimum Gasteiger partial charge on any atom is -0.396 e. The number of rotatable bonds is 5. The Kier molecular flexibility index (Phi) is 9.53. The maximum atomic E-state index is 13.5. The number of hydrogen-bond donors (Lipinski definition) is 6. The Labute approximate surface area is 212 Å². The molecule has 3 saturated heterocycles. The van der Waals surface area contributed by atoms with Gasteiger partial charge in [-0.3, -0.25) is 4.79 Å². The average molecular weight is 515 g/mol. The fraction of sp³-hybridized carbons (Fsp3) is 0.880. The lowest BCUT2D eigenvalue weighted by Gasteiger charge is -2.44. The minimum atomic E-state index is -1.39. The summed E-state index contributed by atoms with van der Waals surface area (Å²) in [5.74, 6) is 1.67. The lowest BCUT2D eigenvalue weighted by atomic mass is 9.85. The molecule has 4 rings (SSSR count). The van der Waals surface area contributed by atoms with E-state index >= 15 is 0 Å². The van der Waals surface area contributed by atoms with Gasteiger partial charge in [-0.15, -0.1) is 11.8 Å². The van der Waals surface area contributed by atoms with Crippen molar-refractivity contribution in [1.29, 1.82) is 0 Å². The summed E-state index contributed by atoms with van der Waals surface area (Å²) in [6, 6.07) is -1.11. The minimum absolute atomic E-state index is 0.0534. The van der Waals surface area contributed by atoms with E-state index in [-0.39, 0.29) is 30.5 Å². The van der Waals surface area contributed by atoms with E-state index in [1.165, 1.54) is 11.8 Å². The largest absolute Gasteiger partial charge is 0.396 e. The first-order chi connectivity index (χ1) is 16.8. The van der Waals surface area contributed by atoms with E-state index < -0.39 is 41.9 Å². The number of aliphatic hydroxyl groups is 4. The molecule has 0 aromatic carbocycles. The first-order valence-corrected chi connectivity index (χ1v) is 14.1. The molecule has 11 atom stereocenters. The SMILES string of the molecule is CC(C)C[C@@H]1CCO[C@@H]2[C@H](CN[C@@H]2C(=O)N[C@@H]2C/C=C\[C@@H](CO)CS[C@H]3O[C@H]2[C@H](O)[C@H](O)[C@H]3O)C1. The number of nitrogens with one attached hydrogen (secondary N) is 2. The second kappa shape index (κ2) is 12.2. The third-order valence-electron chi connectivity index (χ3n) is 7.79. The van der Waals surface area contributed by atoms with Crippen LogP contribution in [0.1, 0.15) is 39.5 Å². The highest BCUT2D eigenvalue weighted by molar-refractivity contribution is 7.99. The molecular formula is C25H42N2O7S. The van der Waals surface area contributed by atoms with Gasteiger partial charge in [-0.05, 0) is 43.4 Å². The fourth-order valence-corrected chi connectivity index (χ4v) is 7.19. The second-order valence-electron chi connectivity index (χ2n) is 11.0. The Hall–Kier alpha value is -0.720. The van der Waals surface area contributed by atoms with Crippen LogP contribution in [0.25, 0.3) is 0 Å². The standard InChI is InChI=1S/C25H42N2O7S/c1-13(2)8-14-6-7-33-22-16(9-14)10-26-18(22)24(32)27-17-5-3-4-15(11-28)12-35-25-21(31)19(29)20(30)23(17)34-25/h3-4,13-23,25-26,28-31H,5-12H2,1-2H3,(H,27,32)/b4-3-/t14-,15-,16-,17+,18-,19-,20+,21+,22+,23+,25+/m0/s1. The van der Waals surface area contributed by atoms with E-state index in [1.807, 2.05) is 12.2 Å². The van der Waals surface area contributed by atoms with Gasteiger partial charge in [0.1, 0.15) is 35.9 Å². The van der Waals surface area contributed by atoms with Crippen molar-refractivity contribution in [1.82, 2.24) is 10.6 Å². The molecule has 2 bridgehead atoms. The molecule has 0 aromatic heterocycles. The zero-order valence-electron chi connectivity index (χ0n) is 20.7. The summed E-state index contributed by atoms with van der Waals surface area (Å²) in [4.78, 5) is 13.5. The number of carbonyl (C=O) groups excluding carboxylic acids is 1. The molecule has 9 nitrogen and oxygen atoms in total. The van der Waals surface area contributed by atoms with E-state index in [9.17, 15) is 25.2 Å². The topological polar surface area (TPSA) is 141 Å². The smallest absolute Gasteiger partial charge is 0.240 e. The van der Waals surface area contributed by atoms with Gasteiger partial charge in [0, 0.05) is 24.8 Å². The summed E-state index contributed by atoms with van der Waals surface area (Å²) in [5.41, 5.74) is -0.768. The van der Waals surface area contributed by atoms with Crippen LogP contribution >= 0.6 is 11.8 Å². The quantitative estimate of drug-likeness (QED) is 0.280. The van der Waals surface area contributed by atoms with Gasteiger partial charge in [0.05, 0.1) is 18.8 Å². The number of hydrogen-bond acceptors (Lipinski definition) is 9. The summed E-state index contributed by atoms with van der Waals surface area (Å²) in [5, 5.41) is 47.7. The summed E-state index contributed by atoms with van der Waals surface area (Å²) < 4.78 is 12.2. The summed E-state index contributed by atoms with van der Waals surface area (Å²) >= 11 is 1.29. The van der Waals surface area contributed by atoms with Crippen molar-refractivity contribution in [2.75, 3.05) is 25.5 Å². The Morgan fingerprint density at radius 3 is 2.74 bits per heavy atom. The maximum Gasteiger partial charge on any atom is 0.240 e. The Morgan fingerprint density at radius 1 is 1.20 bits per heavy atom. The van der Waals surface area contributed by atoms with Gasteiger partial charge in [-0.1, -0.05) is 26.0 Å². The number of fused-ring (bicyclic) bond motifs is 3. The molecule has 0 aliphatic carbocycles. The van der Waals surface area contributed by atoms with E-state index in [4.69, 9.17) is 9.47 Å². The first-order valence-electron chi connectivity index (χ1n) is 13.0. The molecule has 0 spiro atoms. The van der Waals surface area contributed by atoms with Crippen molar-refractivity contribution in [3.63, 3.8) is 0 Å². The van der Waals surface area contributed by atoms with Gasteiger partial charge in [0.15, 0.2) is 0 Å².